The van der Waals surface area contributed by atoms with Crippen LogP contribution in [0.25, 0.3) is 0 Å². The maximum absolute atomic E-state index is 13.1. The summed E-state index contributed by atoms with van der Waals surface area (Å²) in [6, 6.07) is 4.50. The van der Waals surface area contributed by atoms with Crippen LogP contribution in [0.15, 0.2) is 18.2 Å². The highest BCUT2D eigenvalue weighted by Gasteiger charge is 2.01. The lowest BCUT2D eigenvalue weighted by Gasteiger charge is -2.04. The zero-order valence-corrected chi connectivity index (χ0v) is 8.44. The van der Waals surface area contributed by atoms with Gasteiger partial charge in [0.15, 0.2) is 0 Å². The summed E-state index contributed by atoms with van der Waals surface area (Å²) in [5, 5.41) is 3.57. The third-order valence-corrected chi connectivity index (χ3v) is 2.00. The molecule has 14 heavy (non-hydrogen) atoms. The van der Waals surface area contributed by atoms with E-state index < -0.39 is 0 Å². The van der Waals surface area contributed by atoms with E-state index in [4.69, 9.17) is 18.0 Å². The topological polar surface area (TPSA) is 12.0 Å². The van der Waals surface area contributed by atoms with E-state index in [2.05, 4.69) is 11.2 Å². The fourth-order valence-corrected chi connectivity index (χ4v) is 1.26. The van der Waals surface area contributed by atoms with E-state index in [1.54, 1.807) is 6.07 Å². The molecule has 1 N–H and O–H groups in total. The second-order valence-corrected chi connectivity index (χ2v) is 3.30. The van der Waals surface area contributed by atoms with E-state index in [-0.39, 0.29) is 5.82 Å². The lowest BCUT2D eigenvalue weighted by molar-refractivity contribution is 0.590. The average molecular weight is 212 g/mol. The second-order valence-electron chi connectivity index (χ2n) is 2.87. The van der Waals surface area contributed by atoms with E-state index in [9.17, 15) is 4.39 Å². The minimum atomic E-state index is -0.248. The Morgan fingerprint density at radius 1 is 1.50 bits per heavy atom. The summed E-state index contributed by atoms with van der Waals surface area (Å²) in [4.78, 5) is 0. The fraction of sp³-hybridized carbons (Fsp3) is 0.273. The third-order valence-electron chi connectivity index (χ3n) is 1.77. The van der Waals surface area contributed by atoms with Gasteiger partial charge < -0.3 is 5.32 Å². The van der Waals surface area contributed by atoms with Gasteiger partial charge in [0.2, 0.25) is 0 Å². The molecule has 1 rings (SSSR count). The SMILES string of the molecule is C#CCCNCc1cc(Cl)ccc1F. The third kappa shape index (κ3) is 3.37. The smallest absolute Gasteiger partial charge is 0.127 e. The number of nitrogens with one attached hydrogen (secondary N) is 1. The van der Waals surface area contributed by atoms with Crippen LogP contribution in [-0.4, -0.2) is 6.54 Å². The molecule has 0 aromatic heterocycles. The van der Waals surface area contributed by atoms with Crippen LogP contribution in [0, 0.1) is 18.2 Å². The van der Waals surface area contributed by atoms with E-state index in [1.165, 1.54) is 12.1 Å². The molecule has 0 aliphatic rings. The van der Waals surface area contributed by atoms with Crippen LogP contribution in [0.1, 0.15) is 12.0 Å². The van der Waals surface area contributed by atoms with Gasteiger partial charge in [-0.25, -0.2) is 4.39 Å². The number of benzene rings is 1. The van der Waals surface area contributed by atoms with Gasteiger partial charge in [-0.1, -0.05) is 11.6 Å². The zero-order valence-electron chi connectivity index (χ0n) is 7.69. The van der Waals surface area contributed by atoms with Gasteiger partial charge in [-0.15, -0.1) is 12.3 Å². The van der Waals surface area contributed by atoms with Gasteiger partial charge in [0.1, 0.15) is 5.82 Å². The van der Waals surface area contributed by atoms with Crippen LogP contribution in [0.4, 0.5) is 4.39 Å². The van der Waals surface area contributed by atoms with Crippen LogP contribution >= 0.6 is 11.6 Å². The summed E-state index contributed by atoms with van der Waals surface area (Å²) in [6.45, 7) is 1.14. The second kappa shape index (κ2) is 5.64. The van der Waals surface area contributed by atoms with Crippen molar-refractivity contribution in [2.24, 2.45) is 0 Å². The van der Waals surface area contributed by atoms with Crippen molar-refractivity contribution in [1.29, 1.82) is 0 Å². The van der Waals surface area contributed by atoms with Crippen molar-refractivity contribution in [3.05, 3.63) is 34.6 Å². The molecule has 1 aromatic rings. The molecule has 0 saturated carbocycles. The predicted octanol–water partition coefficient (Wildman–Crippen LogP) is 2.59. The molecule has 0 amide bonds. The quantitative estimate of drug-likeness (QED) is 0.596. The minimum absolute atomic E-state index is 0.248. The highest BCUT2D eigenvalue weighted by Crippen LogP contribution is 2.14. The summed E-state index contributed by atoms with van der Waals surface area (Å²) < 4.78 is 13.1. The molecule has 0 unspecified atom stereocenters. The Morgan fingerprint density at radius 3 is 3.00 bits per heavy atom. The number of hydrogen-bond acceptors (Lipinski definition) is 1. The van der Waals surface area contributed by atoms with Crippen molar-refractivity contribution in [3.63, 3.8) is 0 Å². The Balaban J connectivity index is 2.50. The summed E-state index contributed by atoms with van der Waals surface area (Å²) in [7, 11) is 0. The van der Waals surface area contributed by atoms with Crippen molar-refractivity contribution >= 4 is 11.6 Å². The standard InChI is InChI=1S/C11H11ClFN/c1-2-3-6-14-8-9-7-10(12)4-5-11(9)13/h1,4-5,7,14H,3,6,8H2. The summed E-state index contributed by atoms with van der Waals surface area (Å²) >= 11 is 5.73. The van der Waals surface area contributed by atoms with Gasteiger partial charge in [-0.3, -0.25) is 0 Å². The zero-order chi connectivity index (χ0) is 10.4. The largest absolute Gasteiger partial charge is 0.312 e. The molecule has 1 aromatic carbocycles. The van der Waals surface area contributed by atoms with E-state index >= 15 is 0 Å². The Morgan fingerprint density at radius 2 is 2.29 bits per heavy atom. The molecular formula is C11H11ClFN. The number of terminal acetylenes is 1. The van der Waals surface area contributed by atoms with E-state index in [0.717, 1.165) is 0 Å². The summed E-state index contributed by atoms with van der Waals surface area (Å²) in [6.07, 6.45) is 5.72. The molecule has 0 saturated heterocycles. The Labute approximate surface area is 88.3 Å². The normalized spacial score (nSPS) is 9.79. The van der Waals surface area contributed by atoms with Crippen molar-refractivity contribution in [2.75, 3.05) is 6.54 Å². The van der Waals surface area contributed by atoms with Gasteiger partial charge in [-0.05, 0) is 18.2 Å². The highest BCUT2D eigenvalue weighted by molar-refractivity contribution is 6.30. The van der Waals surface area contributed by atoms with Gasteiger partial charge in [0, 0.05) is 30.1 Å². The first-order valence-electron chi connectivity index (χ1n) is 4.32. The average Bonchev–Trinajstić information content (AvgIpc) is 2.18. The van der Waals surface area contributed by atoms with Crippen LogP contribution in [0.5, 0.6) is 0 Å². The molecule has 0 bridgehead atoms. The maximum Gasteiger partial charge on any atom is 0.127 e. The van der Waals surface area contributed by atoms with Crippen molar-refractivity contribution in [1.82, 2.24) is 5.32 Å². The predicted molar refractivity (Wildman–Crippen MR) is 56.6 cm³/mol. The molecule has 0 radical (unpaired) electrons. The number of hydrogen-bond donors (Lipinski definition) is 1. The van der Waals surface area contributed by atoms with Crippen LogP contribution < -0.4 is 5.32 Å². The van der Waals surface area contributed by atoms with Crippen LogP contribution in [0.2, 0.25) is 5.02 Å². The number of halogens is 2. The first kappa shape index (κ1) is 11.0. The lowest BCUT2D eigenvalue weighted by Crippen LogP contribution is -2.15. The van der Waals surface area contributed by atoms with Gasteiger partial charge in [-0.2, -0.15) is 0 Å². The molecule has 0 fully saturated rings. The van der Waals surface area contributed by atoms with Crippen molar-refractivity contribution in [3.8, 4) is 12.3 Å². The van der Waals surface area contributed by atoms with E-state index in [0.29, 0.717) is 30.1 Å². The summed E-state index contributed by atoms with van der Waals surface area (Å²) in [5.41, 5.74) is 0.564. The monoisotopic (exact) mass is 211 g/mol. The molecule has 0 aliphatic heterocycles. The van der Waals surface area contributed by atoms with Crippen molar-refractivity contribution in [2.45, 2.75) is 13.0 Å². The molecule has 0 atom stereocenters. The van der Waals surface area contributed by atoms with Crippen molar-refractivity contribution < 1.29 is 4.39 Å². The first-order valence-corrected chi connectivity index (χ1v) is 4.70. The Bertz CT molecular complexity index is 344. The maximum atomic E-state index is 13.1. The van der Waals surface area contributed by atoms with Crippen LogP contribution in [-0.2, 0) is 6.54 Å². The molecule has 1 nitrogen and oxygen atoms in total. The van der Waals surface area contributed by atoms with Crippen LogP contribution in [0.3, 0.4) is 0 Å². The molecule has 0 aliphatic carbocycles. The molecule has 0 spiro atoms. The Hall–Kier alpha value is -1.04. The molecular weight excluding hydrogens is 201 g/mol. The fourth-order valence-electron chi connectivity index (χ4n) is 1.06. The van der Waals surface area contributed by atoms with E-state index in [1.807, 2.05) is 0 Å². The molecule has 0 heterocycles. The van der Waals surface area contributed by atoms with Gasteiger partial charge >= 0.3 is 0 Å². The summed E-state index contributed by atoms with van der Waals surface area (Å²) in [5.74, 6) is 2.25. The number of rotatable bonds is 4. The first-order chi connectivity index (χ1) is 6.74. The van der Waals surface area contributed by atoms with Gasteiger partial charge in [0.25, 0.3) is 0 Å². The molecule has 74 valence electrons. The lowest BCUT2D eigenvalue weighted by atomic mass is 10.2. The Kier molecular flexibility index (Phi) is 4.45. The molecule has 3 heteroatoms. The minimum Gasteiger partial charge on any atom is -0.312 e. The van der Waals surface area contributed by atoms with Gasteiger partial charge in [0.05, 0.1) is 0 Å². The highest BCUT2D eigenvalue weighted by atomic mass is 35.5.